The topological polar surface area (TPSA) is 27.0 Å². The van der Waals surface area contributed by atoms with Crippen LogP contribution in [-0.2, 0) is 6.42 Å². The molecule has 17 heavy (non-hydrogen) atoms. The van der Waals surface area contributed by atoms with E-state index in [2.05, 4.69) is 49.5 Å². The molecule has 0 spiro atoms. The van der Waals surface area contributed by atoms with Gasteiger partial charge in [0.05, 0.1) is 0 Å². The smallest absolute Gasteiger partial charge is 0.179 e. The van der Waals surface area contributed by atoms with Crippen LogP contribution in [-0.4, -0.2) is 18.5 Å². The molecule has 0 unspecified atom stereocenters. The van der Waals surface area contributed by atoms with E-state index in [4.69, 9.17) is 5.26 Å². The molecule has 2 heteroatoms. The molecule has 0 radical (unpaired) electrons. The third-order valence-corrected chi connectivity index (χ3v) is 2.97. The number of fused-ring (bicyclic) bond motifs is 1. The Hall–Kier alpha value is -2.01. The second-order valence-corrected chi connectivity index (χ2v) is 4.46. The maximum absolute atomic E-state index is 8.69. The molecule has 0 aliphatic heterocycles. The van der Waals surface area contributed by atoms with Gasteiger partial charge in [-0.3, -0.25) is 0 Å². The zero-order valence-electron chi connectivity index (χ0n) is 10.3. The van der Waals surface area contributed by atoms with Crippen LogP contribution < -0.4 is 0 Å². The molecule has 0 amide bonds. The third kappa shape index (κ3) is 2.76. The Bertz CT molecular complexity index is 567. The van der Waals surface area contributed by atoms with Crippen molar-refractivity contribution in [2.45, 2.75) is 13.3 Å². The second kappa shape index (κ2) is 4.88. The van der Waals surface area contributed by atoms with Crippen molar-refractivity contribution in [3.8, 4) is 6.19 Å². The Morgan fingerprint density at radius 3 is 2.59 bits per heavy atom. The average molecular weight is 224 g/mol. The maximum Gasteiger partial charge on any atom is 0.179 e. The predicted molar refractivity (Wildman–Crippen MR) is 70.6 cm³/mol. The minimum Gasteiger partial charge on any atom is -0.313 e. The van der Waals surface area contributed by atoms with Gasteiger partial charge in [0, 0.05) is 13.6 Å². The van der Waals surface area contributed by atoms with E-state index >= 15 is 0 Å². The molecule has 0 saturated carbocycles. The lowest BCUT2D eigenvalue weighted by atomic mass is 10.0. The summed E-state index contributed by atoms with van der Waals surface area (Å²) in [5.41, 5.74) is 2.57. The molecule has 2 aromatic rings. The van der Waals surface area contributed by atoms with Crippen molar-refractivity contribution in [3.63, 3.8) is 0 Å². The lowest BCUT2D eigenvalue weighted by molar-refractivity contribution is 0.478. The molecule has 0 atom stereocenters. The van der Waals surface area contributed by atoms with Gasteiger partial charge >= 0.3 is 0 Å². The number of likely N-dealkylation sites (N-methyl/N-ethyl adjacent to an activating group) is 1. The van der Waals surface area contributed by atoms with E-state index in [1.54, 1.807) is 4.90 Å². The summed E-state index contributed by atoms with van der Waals surface area (Å²) in [6.07, 6.45) is 3.02. The van der Waals surface area contributed by atoms with Gasteiger partial charge < -0.3 is 4.90 Å². The van der Waals surface area contributed by atoms with Gasteiger partial charge in [-0.2, -0.15) is 5.26 Å². The van der Waals surface area contributed by atoms with Gasteiger partial charge in [0.15, 0.2) is 6.19 Å². The highest BCUT2D eigenvalue weighted by molar-refractivity contribution is 5.83. The van der Waals surface area contributed by atoms with E-state index in [1.165, 1.54) is 21.9 Å². The van der Waals surface area contributed by atoms with Crippen LogP contribution in [0.3, 0.4) is 0 Å². The van der Waals surface area contributed by atoms with Crippen molar-refractivity contribution >= 4 is 10.8 Å². The van der Waals surface area contributed by atoms with E-state index in [-0.39, 0.29) is 0 Å². The average Bonchev–Trinajstić information content (AvgIpc) is 2.35. The van der Waals surface area contributed by atoms with Crippen LogP contribution in [0.4, 0.5) is 0 Å². The lowest BCUT2D eigenvalue weighted by Crippen LogP contribution is -2.14. The number of rotatable bonds is 3. The number of hydrogen-bond acceptors (Lipinski definition) is 2. The van der Waals surface area contributed by atoms with Gasteiger partial charge in [-0.15, -0.1) is 0 Å². The molecule has 0 bridgehead atoms. The molecule has 86 valence electrons. The maximum atomic E-state index is 8.69. The van der Waals surface area contributed by atoms with Gasteiger partial charge in [-0.25, -0.2) is 0 Å². The minimum absolute atomic E-state index is 0.772. The van der Waals surface area contributed by atoms with Gasteiger partial charge in [0.25, 0.3) is 0 Å². The summed E-state index contributed by atoms with van der Waals surface area (Å²) in [4.78, 5) is 1.65. The van der Waals surface area contributed by atoms with Crippen LogP contribution in [0.15, 0.2) is 36.4 Å². The predicted octanol–water partition coefficient (Wildman–Crippen LogP) is 3.10. The molecule has 0 aliphatic carbocycles. The highest BCUT2D eigenvalue weighted by Gasteiger charge is 1.99. The second-order valence-electron chi connectivity index (χ2n) is 4.46. The van der Waals surface area contributed by atoms with Gasteiger partial charge in [0.1, 0.15) is 0 Å². The Kier molecular flexibility index (Phi) is 3.30. The molecule has 0 aliphatic rings. The van der Waals surface area contributed by atoms with E-state index in [9.17, 15) is 0 Å². The molecule has 0 aromatic heterocycles. The third-order valence-electron chi connectivity index (χ3n) is 2.97. The van der Waals surface area contributed by atoms with Crippen molar-refractivity contribution in [2.24, 2.45) is 0 Å². The lowest BCUT2D eigenvalue weighted by Gasteiger charge is -2.09. The van der Waals surface area contributed by atoms with Crippen LogP contribution in [0.1, 0.15) is 11.1 Å². The summed E-state index contributed by atoms with van der Waals surface area (Å²) in [5, 5.41) is 11.2. The number of nitriles is 1. The molecular formula is C15H16N2. The highest BCUT2D eigenvalue weighted by Crippen LogP contribution is 2.18. The van der Waals surface area contributed by atoms with Crippen molar-refractivity contribution < 1.29 is 0 Å². The first-order valence-electron chi connectivity index (χ1n) is 5.79. The summed E-state index contributed by atoms with van der Waals surface area (Å²) >= 11 is 0. The van der Waals surface area contributed by atoms with Crippen LogP contribution in [0.2, 0.25) is 0 Å². The Morgan fingerprint density at radius 1 is 1.12 bits per heavy atom. The molecule has 0 saturated heterocycles. The normalized spacial score (nSPS) is 10.2. The molecule has 0 heterocycles. The molecule has 2 aromatic carbocycles. The molecule has 2 rings (SSSR count). The first-order chi connectivity index (χ1) is 8.19. The highest BCUT2D eigenvalue weighted by atomic mass is 15.1. The van der Waals surface area contributed by atoms with E-state index in [0.29, 0.717) is 0 Å². The van der Waals surface area contributed by atoms with Crippen molar-refractivity contribution in [3.05, 3.63) is 47.5 Å². The molecular weight excluding hydrogens is 208 g/mol. The first-order valence-corrected chi connectivity index (χ1v) is 5.79. The van der Waals surface area contributed by atoms with Crippen LogP contribution in [0.5, 0.6) is 0 Å². The summed E-state index contributed by atoms with van der Waals surface area (Å²) in [7, 11) is 1.81. The Morgan fingerprint density at radius 2 is 1.82 bits per heavy atom. The molecule has 0 N–H and O–H groups in total. The number of nitrogens with zero attached hydrogens (tertiary/aromatic N) is 2. The fourth-order valence-electron chi connectivity index (χ4n) is 1.92. The monoisotopic (exact) mass is 224 g/mol. The number of aryl methyl sites for hydroxylation is 1. The summed E-state index contributed by atoms with van der Waals surface area (Å²) in [6, 6.07) is 13.0. The first kappa shape index (κ1) is 11.5. The van der Waals surface area contributed by atoms with E-state index in [0.717, 1.165) is 13.0 Å². The van der Waals surface area contributed by atoms with Crippen LogP contribution >= 0.6 is 0 Å². The Balaban J connectivity index is 2.21. The van der Waals surface area contributed by atoms with Crippen LogP contribution in [0.25, 0.3) is 10.8 Å². The minimum atomic E-state index is 0.772. The SMILES string of the molecule is Cc1ccc2cc(CCN(C)C#N)ccc2c1. The van der Waals surface area contributed by atoms with E-state index < -0.39 is 0 Å². The summed E-state index contributed by atoms with van der Waals surface area (Å²) in [5.74, 6) is 0. The van der Waals surface area contributed by atoms with Gasteiger partial charge in [0.2, 0.25) is 0 Å². The quantitative estimate of drug-likeness (QED) is 0.591. The summed E-state index contributed by atoms with van der Waals surface area (Å²) < 4.78 is 0. The molecule has 0 fully saturated rings. The zero-order chi connectivity index (χ0) is 12.3. The molecule has 2 nitrogen and oxygen atoms in total. The fraction of sp³-hybridized carbons (Fsp3) is 0.267. The van der Waals surface area contributed by atoms with Crippen molar-refractivity contribution in [1.82, 2.24) is 4.90 Å². The van der Waals surface area contributed by atoms with Crippen molar-refractivity contribution in [2.75, 3.05) is 13.6 Å². The van der Waals surface area contributed by atoms with Gasteiger partial charge in [-0.1, -0.05) is 42.0 Å². The van der Waals surface area contributed by atoms with Crippen LogP contribution in [0, 0.1) is 18.4 Å². The van der Waals surface area contributed by atoms with E-state index in [1.807, 2.05) is 7.05 Å². The van der Waals surface area contributed by atoms with Gasteiger partial charge in [-0.05, 0) is 29.7 Å². The number of benzene rings is 2. The van der Waals surface area contributed by atoms with Crippen molar-refractivity contribution in [1.29, 1.82) is 5.26 Å². The summed E-state index contributed by atoms with van der Waals surface area (Å²) in [6.45, 7) is 2.88. The Labute approximate surface area is 102 Å². The largest absolute Gasteiger partial charge is 0.313 e. The zero-order valence-corrected chi connectivity index (χ0v) is 10.3. The fourth-order valence-corrected chi connectivity index (χ4v) is 1.92. The number of hydrogen-bond donors (Lipinski definition) is 0. The standard InChI is InChI=1S/C15H16N2/c1-12-3-5-15-10-13(4-6-14(15)9-12)7-8-17(2)11-16/h3-6,9-10H,7-8H2,1-2H3.